The highest BCUT2D eigenvalue weighted by Crippen LogP contribution is 2.29. The van der Waals surface area contributed by atoms with Crippen LogP contribution in [-0.4, -0.2) is 9.55 Å². The fraction of sp³-hybridized carbons (Fsp3) is 0.182. The zero-order valence-corrected chi connectivity index (χ0v) is 16.2. The molecule has 0 saturated heterocycles. The molecule has 4 aromatic rings. The van der Waals surface area contributed by atoms with Crippen molar-refractivity contribution in [2.24, 2.45) is 0 Å². The Balaban J connectivity index is 2.01. The van der Waals surface area contributed by atoms with Crippen molar-refractivity contribution < 1.29 is 4.39 Å². The van der Waals surface area contributed by atoms with E-state index in [1.165, 1.54) is 23.5 Å². The molecule has 0 radical (unpaired) electrons. The van der Waals surface area contributed by atoms with E-state index in [2.05, 4.69) is 0 Å². The number of benzene rings is 2. The SMILES string of the molecule is Cc1cccc(-c2nc3sc(C)c(C)c3c(=O)n2Cc2cccc(F)c2)c1. The minimum atomic E-state index is -0.311. The van der Waals surface area contributed by atoms with E-state index in [-0.39, 0.29) is 17.9 Å². The maximum atomic E-state index is 13.7. The zero-order valence-electron chi connectivity index (χ0n) is 15.4. The lowest BCUT2D eigenvalue weighted by atomic mass is 10.1. The molecular weight excluding hydrogens is 359 g/mol. The Labute approximate surface area is 160 Å². The van der Waals surface area contributed by atoms with Crippen molar-refractivity contribution >= 4 is 21.6 Å². The number of nitrogens with zero attached hydrogens (tertiary/aromatic N) is 2. The van der Waals surface area contributed by atoms with Crippen LogP contribution in [0.15, 0.2) is 53.3 Å². The number of hydrogen-bond acceptors (Lipinski definition) is 3. The third-order valence-corrected chi connectivity index (χ3v) is 5.90. The van der Waals surface area contributed by atoms with Crippen LogP contribution in [0.1, 0.15) is 21.6 Å². The fourth-order valence-corrected chi connectivity index (χ4v) is 4.32. The highest BCUT2D eigenvalue weighted by atomic mass is 32.1. The van der Waals surface area contributed by atoms with Crippen molar-refractivity contribution in [1.82, 2.24) is 9.55 Å². The van der Waals surface area contributed by atoms with Gasteiger partial charge in [0.15, 0.2) is 0 Å². The molecule has 5 heteroatoms. The van der Waals surface area contributed by atoms with Gasteiger partial charge in [0.2, 0.25) is 0 Å². The summed E-state index contributed by atoms with van der Waals surface area (Å²) in [7, 11) is 0. The number of aryl methyl sites for hydroxylation is 3. The average molecular weight is 378 g/mol. The largest absolute Gasteiger partial charge is 0.288 e. The summed E-state index contributed by atoms with van der Waals surface area (Å²) in [6.07, 6.45) is 0. The predicted octanol–water partition coefficient (Wildman–Crippen LogP) is 5.24. The summed E-state index contributed by atoms with van der Waals surface area (Å²) in [5.74, 6) is 0.302. The van der Waals surface area contributed by atoms with Gasteiger partial charge in [-0.05, 0) is 50.1 Å². The van der Waals surface area contributed by atoms with E-state index in [4.69, 9.17) is 4.98 Å². The van der Waals surface area contributed by atoms with Gasteiger partial charge in [0.1, 0.15) is 16.5 Å². The molecule has 0 fully saturated rings. The third-order valence-electron chi connectivity index (χ3n) is 4.79. The molecule has 0 aliphatic rings. The third kappa shape index (κ3) is 3.19. The second-order valence-corrected chi connectivity index (χ2v) is 7.99. The predicted molar refractivity (Wildman–Crippen MR) is 109 cm³/mol. The van der Waals surface area contributed by atoms with Crippen LogP contribution in [0.4, 0.5) is 4.39 Å². The molecule has 27 heavy (non-hydrogen) atoms. The molecule has 0 atom stereocenters. The van der Waals surface area contributed by atoms with Gasteiger partial charge in [-0.2, -0.15) is 0 Å². The second kappa shape index (κ2) is 6.74. The first kappa shape index (κ1) is 17.6. The number of rotatable bonds is 3. The van der Waals surface area contributed by atoms with Crippen molar-refractivity contribution in [3.8, 4) is 11.4 Å². The average Bonchev–Trinajstić information content (AvgIpc) is 2.92. The van der Waals surface area contributed by atoms with E-state index in [1.54, 1.807) is 10.6 Å². The second-order valence-electron chi connectivity index (χ2n) is 6.79. The number of aromatic nitrogens is 2. The van der Waals surface area contributed by atoms with E-state index < -0.39 is 0 Å². The van der Waals surface area contributed by atoms with Crippen molar-refractivity contribution in [2.75, 3.05) is 0 Å². The molecule has 2 aromatic carbocycles. The van der Waals surface area contributed by atoms with Crippen LogP contribution in [0, 0.1) is 26.6 Å². The first-order valence-corrected chi connectivity index (χ1v) is 9.57. The van der Waals surface area contributed by atoms with Crippen LogP contribution in [0.2, 0.25) is 0 Å². The Morgan fingerprint density at radius 2 is 1.85 bits per heavy atom. The zero-order chi connectivity index (χ0) is 19.1. The standard InChI is InChI=1S/C22H19FN2OS/c1-13-6-4-8-17(10-13)20-24-21-19(14(2)15(3)27-21)22(26)25(20)12-16-7-5-9-18(23)11-16/h4-11H,12H2,1-3H3. The minimum absolute atomic E-state index is 0.0809. The summed E-state index contributed by atoms with van der Waals surface area (Å²) in [5.41, 5.74) is 3.60. The van der Waals surface area contributed by atoms with Crippen LogP contribution in [-0.2, 0) is 6.54 Å². The van der Waals surface area contributed by atoms with E-state index in [0.29, 0.717) is 11.2 Å². The summed E-state index contributed by atoms with van der Waals surface area (Å²) >= 11 is 1.54. The van der Waals surface area contributed by atoms with Gasteiger partial charge < -0.3 is 0 Å². The molecule has 0 spiro atoms. The number of halogens is 1. The molecule has 3 nitrogen and oxygen atoms in total. The Kier molecular flexibility index (Phi) is 4.40. The summed E-state index contributed by atoms with van der Waals surface area (Å²) in [6.45, 7) is 6.24. The first-order chi connectivity index (χ1) is 12.9. The lowest BCUT2D eigenvalue weighted by Crippen LogP contribution is -2.24. The number of fused-ring (bicyclic) bond motifs is 1. The van der Waals surface area contributed by atoms with Crippen molar-refractivity contribution in [3.63, 3.8) is 0 Å². The highest BCUT2D eigenvalue weighted by Gasteiger charge is 2.18. The van der Waals surface area contributed by atoms with E-state index in [9.17, 15) is 9.18 Å². The van der Waals surface area contributed by atoms with Gasteiger partial charge in [0, 0.05) is 10.4 Å². The Morgan fingerprint density at radius 1 is 1.07 bits per heavy atom. The normalized spacial score (nSPS) is 11.3. The molecule has 0 N–H and O–H groups in total. The summed E-state index contributed by atoms with van der Waals surface area (Å²) in [6, 6.07) is 14.3. The van der Waals surface area contributed by atoms with E-state index in [1.807, 2.05) is 51.1 Å². The lowest BCUT2D eigenvalue weighted by molar-refractivity contribution is 0.623. The van der Waals surface area contributed by atoms with Gasteiger partial charge in [0.25, 0.3) is 5.56 Å². The molecule has 136 valence electrons. The van der Waals surface area contributed by atoms with Gasteiger partial charge in [0.05, 0.1) is 11.9 Å². The molecule has 0 aliphatic carbocycles. The molecule has 0 aliphatic heterocycles. The van der Waals surface area contributed by atoms with Gasteiger partial charge in [-0.15, -0.1) is 11.3 Å². The molecule has 0 bridgehead atoms. The molecule has 2 aromatic heterocycles. The highest BCUT2D eigenvalue weighted by molar-refractivity contribution is 7.18. The lowest BCUT2D eigenvalue weighted by Gasteiger charge is -2.13. The van der Waals surface area contributed by atoms with Crippen molar-refractivity contribution in [3.05, 3.63) is 86.3 Å². The Hall–Kier alpha value is -2.79. The number of thiophene rings is 1. The van der Waals surface area contributed by atoms with Crippen LogP contribution >= 0.6 is 11.3 Å². The molecule has 0 saturated carbocycles. The number of hydrogen-bond donors (Lipinski definition) is 0. The Morgan fingerprint density at radius 3 is 2.59 bits per heavy atom. The van der Waals surface area contributed by atoms with Gasteiger partial charge in [-0.3, -0.25) is 9.36 Å². The first-order valence-electron chi connectivity index (χ1n) is 8.76. The molecule has 4 rings (SSSR count). The van der Waals surface area contributed by atoms with Crippen LogP contribution in [0.25, 0.3) is 21.6 Å². The van der Waals surface area contributed by atoms with E-state index >= 15 is 0 Å². The fourth-order valence-electron chi connectivity index (χ4n) is 3.30. The van der Waals surface area contributed by atoms with Gasteiger partial charge in [-0.1, -0.05) is 35.9 Å². The van der Waals surface area contributed by atoms with E-state index in [0.717, 1.165) is 32.0 Å². The summed E-state index contributed by atoms with van der Waals surface area (Å²) in [5, 5.41) is 0.658. The van der Waals surface area contributed by atoms with Gasteiger partial charge >= 0.3 is 0 Å². The summed E-state index contributed by atoms with van der Waals surface area (Å²) < 4.78 is 15.3. The monoisotopic (exact) mass is 378 g/mol. The molecule has 2 heterocycles. The van der Waals surface area contributed by atoms with Crippen molar-refractivity contribution in [1.29, 1.82) is 0 Å². The maximum Gasteiger partial charge on any atom is 0.263 e. The Bertz CT molecular complexity index is 1220. The molecule has 0 unspecified atom stereocenters. The quantitative estimate of drug-likeness (QED) is 0.489. The van der Waals surface area contributed by atoms with Crippen LogP contribution in [0.5, 0.6) is 0 Å². The minimum Gasteiger partial charge on any atom is -0.288 e. The van der Waals surface area contributed by atoms with Gasteiger partial charge in [-0.25, -0.2) is 9.37 Å². The topological polar surface area (TPSA) is 34.9 Å². The smallest absolute Gasteiger partial charge is 0.263 e. The van der Waals surface area contributed by atoms with Crippen LogP contribution < -0.4 is 5.56 Å². The molecule has 0 amide bonds. The van der Waals surface area contributed by atoms with Crippen LogP contribution in [0.3, 0.4) is 0 Å². The van der Waals surface area contributed by atoms with Crippen molar-refractivity contribution in [2.45, 2.75) is 27.3 Å². The maximum absolute atomic E-state index is 13.7. The summed E-state index contributed by atoms with van der Waals surface area (Å²) in [4.78, 5) is 20.0. The molecular formula is C22H19FN2OS.